The lowest BCUT2D eigenvalue weighted by Gasteiger charge is -2.21. The van der Waals surface area contributed by atoms with Crippen LogP contribution in [0.3, 0.4) is 0 Å². The van der Waals surface area contributed by atoms with Gasteiger partial charge in [-0.3, -0.25) is 0 Å². The van der Waals surface area contributed by atoms with Gasteiger partial charge in [0.15, 0.2) is 0 Å². The zero-order valence-electron chi connectivity index (χ0n) is 20.3. The zero-order valence-corrected chi connectivity index (χ0v) is 20.3. The van der Waals surface area contributed by atoms with Crippen molar-refractivity contribution >= 4 is 43.5 Å². The Kier molecular flexibility index (Phi) is 3.79. The van der Waals surface area contributed by atoms with E-state index in [-0.39, 0.29) is 5.41 Å². The highest BCUT2D eigenvalue weighted by atomic mass is 16.3. The third-order valence-electron chi connectivity index (χ3n) is 8.25. The Bertz CT molecular complexity index is 2020. The van der Waals surface area contributed by atoms with Crippen LogP contribution in [0, 0.1) is 0 Å². The predicted molar refractivity (Wildman–Crippen MR) is 152 cm³/mol. The van der Waals surface area contributed by atoms with E-state index >= 15 is 0 Å². The molecule has 1 aliphatic rings. The molecular weight excluding hydrogens is 436 g/mol. The van der Waals surface area contributed by atoms with Crippen molar-refractivity contribution in [2.24, 2.45) is 0 Å². The van der Waals surface area contributed by atoms with Crippen molar-refractivity contribution in [3.8, 4) is 22.3 Å². The van der Waals surface area contributed by atoms with E-state index in [0.717, 1.165) is 11.2 Å². The predicted octanol–water partition coefficient (Wildman–Crippen LogP) is 9.87. The van der Waals surface area contributed by atoms with Crippen LogP contribution in [0.5, 0.6) is 0 Å². The summed E-state index contributed by atoms with van der Waals surface area (Å²) in [4.78, 5) is 0. The molecule has 0 fully saturated rings. The highest BCUT2D eigenvalue weighted by Crippen LogP contribution is 2.50. The summed E-state index contributed by atoms with van der Waals surface area (Å²) in [5, 5.41) is 7.48. The minimum atomic E-state index is -0.0335. The molecule has 0 unspecified atom stereocenters. The summed E-state index contributed by atoms with van der Waals surface area (Å²) in [6.07, 6.45) is 0. The van der Waals surface area contributed by atoms with Crippen molar-refractivity contribution in [2.75, 3.05) is 0 Å². The standard InChI is InChI=1S/C35H24O/c1-35(2)31-14-8-7-13-26(31)28-19-30-29-18-22(15-16-33(29)36-34(30)20-32(28)35)27-17-21-9-3-4-10-23(21)24-11-5-6-12-25(24)27/h3-20H,1-2H3. The molecule has 7 aromatic rings. The summed E-state index contributed by atoms with van der Waals surface area (Å²) >= 11 is 0. The van der Waals surface area contributed by atoms with Gasteiger partial charge in [-0.15, -0.1) is 0 Å². The Morgan fingerprint density at radius 2 is 1.19 bits per heavy atom. The molecule has 0 atom stereocenters. The van der Waals surface area contributed by atoms with Crippen LogP contribution < -0.4 is 0 Å². The SMILES string of the molecule is CC1(C)c2ccccc2-c2cc3c(cc21)oc1ccc(-c2cc4ccccc4c4ccccc24)cc13. The van der Waals surface area contributed by atoms with Crippen molar-refractivity contribution in [3.05, 3.63) is 120 Å². The largest absolute Gasteiger partial charge is 0.456 e. The van der Waals surface area contributed by atoms with E-state index in [1.165, 1.54) is 65.7 Å². The van der Waals surface area contributed by atoms with Crippen LogP contribution in [0.2, 0.25) is 0 Å². The van der Waals surface area contributed by atoms with Crippen LogP contribution in [0.25, 0.3) is 65.7 Å². The first-order chi connectivity index (χ1) is 17.6. The molecule has 0 spiro atoms. The molecule has 8 rings (SSSR count). The van der Waals surface area contributed by atoms with E-state index in [9.17, 15) is 0 Å². The van der Waals surface area contributed by atoms with E-state index in [0.29, 0.717) is 0 Å². The number of fused-ring (bicyclic) bond motifs is 9. The summed E-state index contributed by atoms with van der Waals surface area (Å²) in [7, 11) is 0. The Morgan fingerprint density at radius 3 is 2.08 bits per heavy atom. The Labute approximate surface area is 209 Å². The first-order valence-corrected chi connectivity index (χ1v) is 12.6. The maximum atomic E-state index is 6.42. The van der Waals surface area contributed by atoms with Gasteiger partial charge in [0.25, 0.3) is 0 Å². The van der Waals surface area contributed by atoms with Gasteiger partial charge in [-0.2, -0.15) is 0 Å². The molecule has 0 bridgehead atoms. The smallest absolute Gasteiger partial charge is 0.135 e. The van der Waals surface area contributed by atoms with Gasteiger partial charge in [-0.05, 0) is 85.3 Å². The van der Waals surface area contributed by atoms with Crippen molar-refractivity contribution in [1.29, 1.82) is 0 Å². The van der Waals surface area contributed by atoms with Crippen LogP contribution in [0.1, 0.15) is 25.0 Å². The topological polar surface area (TPSA) is 13.1 Å². The van der Waals surface area contributed by atoms with Crippen LogP contribution >= 0.6 is 0 Å². The number of rotatable bonds is 1. The molecule has 6 aromatic carbocycles. The van der Waals surface area contributed by atoms with Gasteiger partial charge < -0.3 is 4.42 Å². The first-order valence-electron chi connectivity index (χ1n) is 12.6. The molecule has 1 heteroatoms. The second-order valence-corrected chi connectivity index (χ2v) is 10.6. The first kappa shape index (κ1) is 19.9. The van der Waals surface area contributed by atoms with E-state index in [2.05, 4.69) is 123 Å². The fraction of sp³-hybridized carbons (Fsp3) is 0.0857. The molecule has 1 nitrogen and oxygen atoms in total. The van der Waals surface area contributed by atoms with E-state index < -0.39 is 0 Å². The second kappa shape index (κ2) is 6.86. The van der Waals surface area contributed by atoms with Gasteiger partial charge in [-0.25, -0.2) is 0 Å². The molecule has 1 heterocycles. The summed E-state index contributed by atoms with van der Waals surface area (Å²) in [6, 6.07) is 39.8. The maximum absolute atomic E-state index is 6.42. The molecule has 1 aliphatic carbocycles. The van der Waals surface area contributed by atoms with Crippen molar-refractivity contribution in [2.45, 2.75) is 19.3 Å². The van der Waals surface area contributed by atoms with Crippen LogP contribution in [0.4, 0.5) is 0 Å². The molecular formula is C35H24O. The van der Waals surface area contributed by atoms with Gasteiger partial charge in [0, 0.05) is 16.2 Å². The van der Waals surface area contributed by atoms with Gasteiger partial charge in [-0.1, -0.05) is 92.7 Å². The molecule has 1 aromatic heterocycles. The number of hydrogen-bond acceptors (Lipinski definition) is 1. The molecule has 170 valence electrons. The van der Waals surface area contributed by atoms with Gasteiger partial charge in [0.05, 0.1) is 0 Å². The molecule has 0 N–H and O–H groups in total. The molecule has 0 saturated carbocycles. The molecule has 0 saturated heterocycles. The van der Waals surface area contributed by atoms with E-state index in [1.54, 1.807) is 0 Å². The van der Waals surface area contributed by atoms with Gasteiger partial charge in [0.2, 0.25) is 0 Å². The molecule has 0 amide bonds. The average molecular weight is 461 g/mol. The van der Waals surface area contributed by atoms with Crippen molar-refractivity contribution in [1.82, 2.24) is 0 Å². The van der Waals surface area contributed by atoms with Crippen LogP contribution in [0.15, 0.2) is 114 Å². The van der Waals surface area contributed by atoms with Crippen LogP contribution in [-0.4, -0.2) is 0 Å². The van der Waals surface area contributed by atoms with Crippen LogP contribution in [-0.2, 0) is 5.41 Å². The van der Waals surface area contributed by atoms with E-state index in [4.69, 9.17) is 4.42 Å². The van der Waals surface area contributed by atoms with Crippen molar-refractivity contribution < 1.29 is 4.42 Å². The van der Waals surface area contributed by atoms with Crippen molar-refractivity contribution in [3.63, 3.8) is 0 Å². The third kappa shape index (κ3) is 2.55. The summed E-state index contributed by atoms with van der Waals surface area (Å²) in [5.41, 5.74) is 9.74. The number of furan rings is 1. The quantitative estimate of drug-likeness (QED) is 0.222. The number of hydrogen-bond donors (Lipinski definition) is 0. The fourth-order valence-electron chi connectivity index (χ4n) is 6.43. The monoisotopic (exact) mass is 460 g/mol. The minimum Gasteiger partial charge on any atom is -0.456 e. The lowest BCUT2D eigenvalue weighted by atomic mass is 9.82. The highest BCUT2D eigenvalue weighted by Gasteiger charge is 2.36. The van der Waals surface area contributed by atoms with E-state index in [1.807, 2.05) is 0 Å². The third-order valence-corrected chi connectivity index (χ3v) is 8.25. The Hall–Kier alpha value is -4.36. The molecule has 0 radical (unpaired) electrons. The fourth-order valence-corrected chi connectivity index (χ4v) is 6.43. The lowest BCUT2D eigenvalue weighted by Crippen LogP contribution is -2.14. The Morgan fingerprint density at radius 1 is 0.472 bits per heavy atom. The normalized spacial score (nSPS) is 14.1. The molecule has 36 heavy (non-hydrogen) atoms. The number of benzene rings is 6. The summed E-state index contributed by atoms with van der Waals surface area (Å²) in [5.74, 6) is 0. The Balaban J connectivity index is 1.41. The second-order valence-electron chi connectivity index (χ2n) is 10.6. The molecule has 0 aliphatic heterocycles. The maximum Gasteiger partial charge on any atom is 0.135 e. The minimum absolute atomic E-state index is 0.0335. The zero-order chi connectivity index (χ0) is 24.0. The highest BCUT2D eigenvalue weighted by molar-refractivity contribution is 6.15. The average Bonchev–Trinajstić information content (AvgIpc) is 3.39. The summed E-state index contributed by atoms with van der Waals surface area (Å²) in [6.45, 7) is 4.63. The lowest BCUT2D eigenvalue weighted by molar-refractivity contribution is 0.647. The van der Waals surface area contributed by atoms with Gasteiger partial charge >= 0.3 is 0 Å². The summed E-state index contributed by atoms with van der Waals surface area (Å²) < 4.78 is 6.42. The van der Waals surface area contributed by atoms with Gasteiger partial charge in [0.1, 0.15) is 11.2 Å².